The lowest BCUT2D eigenvalue weighted by Gasteiger charge is -2.37. The molecular weight excluding hydrogens is 574 g/mol. The molecule has 1 spiro atoms. The molecule has 0 radical (unpaired) electrons. The number of nitrogens with zero attached hydrogens (tertiary/aromatic N) is 2. The average molecular weight is 624 g/mol. The van der Waals surface area contributed by atoms with Crippen LogP contribution in [-0.4, -0.2) is 71.9 Å². The van der Waals surface area contributed by atoms with E-state index in [9.17, 15) is 14.4 Å². The Kier molecular flexibility index (Phi) is 10.7. The number of hydrogen-bond donors (Lipinski definition) is 1. The van der Waals surface area contributed by atoms with Gasteiger partial charge in [-0.25, -0.2) is 14.6 Å². The van der Waals surface area contributed by atoms with Crippen molar-refractivity contribution in [3.8, 4) is 11.5 Å². The monoisotopic (exact) mass is 623 g/mol. The van der Waals surface area contributed by atoms with Crippen LogP contribution in [0.25, 0.3) is 10.9 Å². The number of methoxy groups -OCH3 is 2. The van der Waals surface area contributed by atoms with Crippen molar-refractivity contribution >= 4 is 28.9 Å². The highest BCUT2D eigenvalue weighted by atomic mass is 16.6. The van der Waals surface area contributed by atoms with E-state index in [1.165, 1.54) is 12.0 Å². The molecule has 0 unspecified atom stereocenters. The number of ether oxygens (including phenoxy) is 4. The van der Waals surface area contributed by atoms with Crippen molar-refractivity contribution < 1.29 is 33.3 Å². The number of likely N-dealkylation sites (tertiary alicyclic amines) is 1. The maximum Gasteiger partial charge on any atom is 0.408 e. The Balaban J connectivity index is 1.66. The minimum atomic E-state index is -0.869. The number of allylic oxidation sites excluding steroid dienone is 1. The van der Waals surface area contributed by atoms with Crippen LogP contribution < -0.4 is 14.8 Å². The quantitative estimate of drug-likeness (QED) is 0.178. The topological polar surface area (TPSA) is 116 Å². The molecule has 1 N–H and O–H groups in total. The predicted octanol–water partition coefficient (Wildman–Crippen LogP) is 6.23. The fourth-order valence-electron chi connectivity index (χ4n) is 6.31. The molecule has 0 bridgehead atoms. The van der Waals surface area contributed by atoms with Gasteiger partial charge in [-0.15, -0.1) is 6.58 Å². The molecule has 10 nitrogen and oxygen atoms in total. The molecule has 1 saturated heterocycles. The molecule has 45 heavy (non-hydrogen) atoms. The molecule has 2 amide bonds. The fraction of sp³-hybridized carbons (Fsp3) is 0.600. The Labute approximate surface area is 266 Å². The summed E-state index contributed by atoms with van der Waals surface area (Å²) in [6.07, 6.45) is 6.56. The molecule has 1 aromatic heterocycles. The SMILES string of the molecule is C=CCCCCC[C@H](NC(=O)OC(C)(C)C)C(=O)N1C[C@@]2(CCc3c(c(C(C)C)nc4ccc(OC)cc34)O2)C[C@H]1C(=O)OC. The Hall–Kier alpha value is -3.82. The maximum absolute atomic E-state index is 14.2. The Morgan fingerprint density at radius 1 is 1.20 bits per heavy atom. The third-order valence-electron chi connectivity index (χ3n) is 8.52. The molecule has 10 heteroatoms. The Bertz CT molecular complexity index is 1420. The van der Waals surface area contributed by atoms with Crippen LogP contribution >= 0.6 is 0 Å². The standard InChI is InChI=1S/C35H49N3O7/c1-9-10-11-12-13-14-27(37-33(41)45-34(4,5)6)31(39)38-21-35(20-28(38)32(40)43-8)18-17-24-25-19-23(42-7)15-16-26(25)36-29(22(2)3)30(24)44-35/h9,15-16,19,22,27-28H,1,10-14,17-18,20-21H2,2-8H3,(H,37,41)/t27-,28-,35+/m0/s1. The number of carbonyl (C=O) groups excluding carboxylic acids is 3. The van der Waals surface area contributed by atoms with Gasteiger partial charge >= 0.3 is 12.1 Å². The number of fused-ring (bicyclic) bond motifs is 3. The van der Waals surface area contributed by atoms with Crippen LogP contribution in [-0.2, 0) is 25.5 Å². The molecular formula is C35H49N3O7. The van der Waals surface area contributed by atoms with Crippen LogP contribution in [0.1, 0.15) is 96.7 Å². The molecule has 0 aliphatic carbocycles. The number of alkyl carbamates (subject to hydrolysis) is 1. The van der Waals surface area contributed by atoms with E-state index in [1.54, 1.807) is 27.9 Å². The van der Waals surface area contributed by atoms with E-state index in [2.05, 4.69) is 25.7 Å². The zero-order valence-corrected chi connectivity index (χ0v) is 27.9. The molecule has 2 aliphatic rings. The number of aryl methyl sites for hydroxylation is 1. The summed E-state index contributed by atoms with van der Waals surface area (Å²) in [5.41, 5.74) is 1.22. The smallest absolute Gasteiger partial charge is 0.408 e. The van der Waals surface area contributed by atoms with Crippen molar-refractivity contribution in [2.75, 3.05) is 20.8 Å². The maximum atomic E-state index is 14.2. The number of amides is 2. The number of esters is 1. The summed E-state index contributed by atoms with van der Waals surface area (Å²) >= 11 is 0. The molecule has 1 fully saturated rings. The minimum Gasteiger partial charge on any atom is -0.497 e. The summed E-state index contributed by atoms with van der Waals surface area (Å²) in [7, 11) is 2.96. The third-order valence-corrected chi connectivity index (χ3v) is 8.52. The summed E-state index contributed by atoms with van der Waals surface area (Å²) in [6.45, 7) is 13.4. The van der Waals surface area contributed by atoms with Gasteiger partial charge in [-0.2, -0.15) is 0 Å². The molecule has 246 valence electrons. The third kappa shape index (κ3) is 7.89. The summed E-state index contributed by atoms with van der Waals surface area (Å²) in [4.78, 5) is 46.7. The van der Waals surface area contributed by atoms with Crippen LogP contribution in [0.4, 0.5) is 4.79 Å². The van der Waals surface area contributed by atoms with Gasteiger partial charge in [0.05, 0.1) is 32.0 Å². The second-order valence-electron chi connectivity index (χ2n) is 13.5. The van der Waals surface area contributed by atoms with Crippen molar-refractivity contribution in [3.63, 3.8) is 0 Å². The average Bonchev–Trinajstić information content (AvgIpc) is 3.36. The van der Waals surface area contributed by atoms with E-state index < -0.39 is 35.3 Å². The van der Waals surface area contributed by atoms with E-state index in [-0.39, 0.29) is 24.8 Å². The van der Waals surface area contributed by atoms with Gasteiger partial charge in [0, 0.05) is 17.4 Å². The predicted molar refractivity (Wildman–Crippen MR) is 173 cm³/mol. The highest BCUT2D eigenvalue weighted by molar-refractivity contribution is 5.91. The second-order valence-corrected chi connectivity index (χ2v) is 13.5. The van der Waals surface area contributed by atoms with Crippen LogP contribution in [0, 0.1) is 0 Å². The van der Waals surface area contributed by atoms with E-state index in [1.807, 2.05) is 24.3 Å². The number of hydrogen-bond acceptors (Lipinski definition) is 8. The van der Waals surface area contributed by atoms with Gasteiger partial charge in [-0.3, -0.25) is 4.79 Å². The van der Waals surface area contributed by atoms with Crippen molar-refractivity contribution in [2.24, 2.45) is 0 Å². The summed E-state index contributed by atoms with van der Waals surface area (Å²) in [5.74, 6) is 0.666. The molecule has 3 heterocycles. The summed E-state index contributed by atoms with van der Waals surface area (Å²) in [6, 6.07) is 4.12. The van der Waals surface area contributed by atoms with E-state index in [4.69, 9.17) is 23.9 Å². The van der Waals surface area contributed by atoms with Gasteiger partial charge in [-0.1, -0.05) is 32.8 Å². The zero-order chi connectivity index (χ0) is 32.9. The molecule has 2 aliphatic heterocycles. The first-order valence-electron chi connectivity index (χ1n) is 16.0. The van der Waals surface area contributed by atoms with Crippen molar-refractivity contribution in [1.29, 1.82) is 0 Å². The summed E-state index contributed by atoms with van der Waals surface area (Å²) in [5, 5.41) is 3.76. The highest BCUT2D eigenvalue weighted by Crippen LogP contribution is 2.46. The van der Waals surface area contributed by atoms with Crippen molar-refractivity contribution in [1.82, 2.24) is 15.2 Å². The number of carbonyl (C=O) groups is 3. The molecule has 4 rings (SSSR count). The first-order chi connectivity index (χ1) is 21.3. The normalized spacial score (nSPS) is 20.0. The lowest BCUT2D eigenvalue weighted by Crippen LogP contribution is -2.53. The highest BCUT2D eigenvalue weighted by Gasteiger charge is 2.53. The van der Waals surface area contributed by atoms with Gasteiger partial charge in [0.25, 0.3) is 0 Å². The molecule has 2 aromatic rings. The second kappa shape index (κ2) is 14.1. The first kappa shape index (κ1) is 34.1. The van der Waals surface area contributed by atoms with Crippen LogP contribution in [0.5, 0.6) is 11.5 Å². The lowest BCUT2D eigenvalue weighted by atomic mass is 9.86. The van der Waals surface area contributed by atoms with Crippen LogP contribution in [0.2, 0.25) is 0 Å². The minimum absolute atomic E-state index is 0.0828. The molecule has 3 atom stereocenters. The number of rotatable bonds is 11. The van der Waals surface area contributed by atoms with E-state index >= 15 is 0 Å². The van der Waals surface area contributed by atoms with E-state index in [0.717, 1.165) is 47.2 Å². The number of nitrogens with one attached hydrogen (secondary N) is 1. The largest absolute Gasteiger partial charge is 0.497 e. The van der Waals surface area contributed by atoms with Gasteiger partial charge in [0.2, 0.25) is 5.91 Å². The zero-order valence-electron chi connectivity index (χ0n) is 27.9. The number of benzene rings is 1. The van der Waals surface area contributed by atoms with Gasteiger partial charge in [-0.05, 0) is 77.0 Å². The lowest BCUT2D eigenvalue weighted by molar-refractivity contribution is -0.151. The van der Waals surface area contributed by atoms with Gasteiger partial charge < -0.3 is 29.2 Å². The number of unbranched alkanes of at least 4 members (excludes halogenated alkanes) is 3. The van der Waals surface area contributed by atoms with Crippen LogP contribution in [0.15, 0.2) is 30.9 Å². The molecule has 0 saturated carbocycles. The molecule has 1 aromatic carbocycles. The Morgan fingerprint density at radius 2 is 1.96 bits per heavy atom. The van der Waals surface area contributed by atoms with Gasteiger partial charge in [0.1, 0.15) is 34.8 Å². The van der Waals surface area contributed by atoms with Crippen LogP contribution in [0.3, 0.4) is 0 Å². The first-order valence-corrected chi connectivity index (χ1v) is 16.0. The van der Waals surface area contributed by atoms with Gasteiger partial charge in [0.15, 0.2) is 0 Å². The fourth-order valence-corrected chi connectivity index (χ4v) is 6.31. The number of aromatic nitrogens is 1. The van der Waals surface area contributed by atoms with E-state index in [0.29, 0.717) is 31.4 Å². The van der Waals surface area contributed by atoms with Crippen molar-refractivity contribution in [3.05, 3.63) is 42.1 Å². The Morgan fingerprint density at radius 3 is 2.60 bits per heavy atom. The number of pyridine rings is 1. The van der Waals surface area contributed by atoms with Crippen molar-refractivity contribution in [2.45, 2.75) is 115 Å². The summed E-state index contributed by atoms with van der Waals surface area (Å²) < 4.78 is 23.0.